The van der Waals surface area contributed by atoms with E-state index in [0.717, 1.165) is 16.7 Å². The van der Waals surface area contributed by atoms with E-state index in [1.165, 1.54) is 13.2 Å². The average Bonchev–Trinajstić information content (AvgIpc) is 3.36. The quantitative estimate of drug-likeness (QED) is 0.0914. The van der Waals surface area contributed by atoms with Crippen molar-refractivity contribution in [1.29, 1.82) is 0 Å². The number of aryl methyl sites for hydroxylation is 1. The summed E-state index contributed by atoms with van der Waals surface area (Å²) in [6, 6.07) is 27.1. The molecule has 4 aromatic carbocycles. The van der Waals surface area contributed by atoms with Gasteiger partial charge < -0.3 is 18.6 Å². The Hall–Kier alpha value is -5.10. The third-order valence-electron chi connectivity index (χ3n) is 6.29. The van der Waals surface area contributed by atoms with Gasteiger partial charge in [-0.2, -0.15) is 0 Å². The van der Waals surface area contributed by atoms with Crippen molar-refractivity contribution in [3.05, 3.63) is 119 Å². The normalized spacial score (nSPS) is 11.1. The van der Waals surface area contributed by atoms with E-state index in [1.807, 2.05) is 49.4 Å². The van der Waals surface area contributed by atoms with Crippen LogP contribution in [0.25, 0.3) is 28.4 Å². The van der Waals surface area contributed by atoms with Gasteiger partial charge in [0.1, 0.15) is 22.7 Å². The van der Waals surface area contributed by atoms with Crippen molar-refractivity contribution in [1.82, 2.24) is 0 Å². The van der Waals surface area contributed by atoms with Gasteiger partial charge in [0.25, 0.3) is 0 Å². The Labute approximate surface area is 226 Å². The lowest BCUT2D eigenvalue weighted by atomic mass is 10.1. The van der Waals surface area contributed by atoms with E-state index in [1.54, 1.807) is 61.7 Å². The van der Waals surface area contributed by atoms with Crippen molar-refractivity contribution in [2.45, 2.75) is 6.92 Å². The maximum Gasteiger partial charge on any atom is 0.348 e. The monoisotopic (exact) mass is 518 g/mol. The molecule has 0 N–H and O–H groups in total. The van der Waals surface area contributed by atoms with E-state index in [2.05, 4.69) is 0 Å². The molecule has 0 unspecified atom stereocenters. The number of rotatable bonds is 8. The summed E-state index contributed by atoms with van der Waals surface area (Å²) in [5, 5.41) is 0.575. The summed E-state index contributed by atoms with van der Waals surface area (Å²) in [5.74, 6) is 0.862. The number of benzene rings is 4. The van der Waals surface area contributed by atoms with Gasteiger partial charge in [-0.05, 0) is 48.9 Å². The summed E-state index contributed by atoms with van der Waals surface area (Å²) >= 11 is 0. The molecule has 0 saturated carbocycles. The number of ether oxygens (including phenoxy) is 3. The van der Waals surface area contributed by atoms with Crippen molar-refractivity contribution in [2.24, 2.45) is 0 Å². The number of carbonyl (C=O) groups is 2. The van der Waals surface area contributed by atoms with Crippen LogP contribution >= 0.6 is 0 Å². The number of hydrogen-bond donors (Lipinski definition) is 0. The SMILES string of the molecule is COc1ccc2oc(-c3ccccc3)c(C(=O)Oc3ccc(/C=C/C(=O)c4ccc(C)cc4)cc3OC)c2c1. The second-order valence-electron chi connectivity index (χ2n) is 8.90. The van der Waals surface area contributed by atoms with E-state index in [4.69, 9.17) is 18.6 Å². The first-order valence-corrected chi connectivity index (χ1v) is 12.3. The molecule has 0 bridgehead atoms. The summed E-state index contributed by atoms with van der Waals surface area (Å²) in [4.78, 5) is 26.1. The van der Waals surface area contributed by atoms with Crippen molar-refractivity contribution in [3.63, 3.8) is 0 Å². The van der Waals surface area contributed by atoms with Crippen LogP contribution in [0.3, 0.4) is 0 Å². The molecule has 0 aliphatic heterocycles. The van der Waals surface area contributed by atoms with Gasteiger partial charge in [-0.1, -0.05) is 72.3 Å². The highest BCUT2D eigenvalue weighted by Crippen LogP contribution is 2.37. The second-order valence-corrected chi connectivity index (χ2v) is 8.90. The number of allylic oxidation sites excluding steroid dienone is 1. The molecule has 6 heteroatoms. The Balaban J connectivity index is 1.45. The van der Waals surface area contributed by atoms with Crippen LogP contribution in [-0.2, 0) is 0 Å². The van der Waals surface area contributed by atoms with E-state index >= 15 is 0 Å². The molecule has 5 aromatic rings. The lowest BCUT2D eigenvalue weighted by Gasteiger charge is -2.10. The van der Waals surface area contributed by atoms with Crippen LogP contribution in [0.4, 0.5) is 0 Å². The summed E-state index contributed by atoms with van der Waals surface area (Å²) in [7, 11) is 3.05. The lowest BCUT2D eigenvalue weighted by molar-refractivity contribution is 0.0731. The Morgan fingerprint density at radius 3 is 2.28 bits per heavy atom. The van der Waals surface area contributed by atoms with Gasteiger partial charge in [-0.3, -0.25) is 4.79 Å². The molecule has 1 aromatic heterocycles. The first-order valence-electron chi connectivity index (χ1n) is 12.3. The zero-order valence-electron chi connectivity index (χ0n) is 21.8. The minimum atomic E-state index is -0.600. The third kappa shape index (κ3) is 5.45. The first kappa shape index (κ1) is 25.5. The van der Waals surface area contributed by atoms with Gasteiger partial charge in [-0.25, -0.2) is 4.79 Å². The Morgan fingerprint density at radius 2 is 1.56 bits per heavy atom. The number of methoxy groups -OCH3 is 2. The summed E-state index contributed by atoms with van der Waals surface area (Å²) in [6.45, 7) is 1.97. The number of carbonyl (C=O) groups excluding carboxylic acids is 2. The highest BCUT2D eigenvalue weighted by Gasteiger charge is 2.25. The molecule has 0 radical (unpaired) electrons. The van der Waals surface area contributed by atoms with Gasteiger partial charge in [0.15, 0.2) is 17.3 Å². The van der Waals surface area contributed by atoms with Crippen molar-refractivity contribution in [3.8, 4) is 28.6 Å². The smallest absolute Gasteiger partial charge is 0.348 e. The van der Waals surface area contributed by atoms with Crippen LogP contribution in [0.15, 0.2) is 101 Å². The minimum Gasteiger partial charge on any atom is -0.497 e. The molecule has 0 atom stereocenters. The molecule has 1 heterocycles. The molecule has 0 spiro atoms. The van der Waals surface area contributed by atoms with Crippen LogP contribution in [-0.4, -0.2) is 26.0 Å². The summed E-state index contributed by atoms with van der Waals surface area (Å²) < 4.78 is 22.8. The van der Waals surface area contributed by atoms with Crippen molar-refractivity contribution >= 4 is 28.8 Å². The number of hydrogen-bond acceptors (Lipinski definition) is 6. The summed E-state index contributed by atoms with van der Waals surface area (Å²) in [5.41, 5.74) is 3.97. The molecule has 5 rings (SSSR count). The van der Waals surface area contributed by atoms with Gasteiger partial charge >= 0.3 is 5.97 Å². The number of ketones is 1. The molecule has 0 aliphatic rings. The number of furan rings is 1. The maximum atomic E-state index is 13.6. The predicted molar refractivity (Wildman–Crippen MR) is 151 cm³/mol. The molecule has 194 valence electrons. The van der Waals surface area contributed by atoms with E-state index < -0.39 is 5.97 Å². The van der Waals surface area contributed by atoms with Crippen molar-refractivity contribution in [2.75, 3.05) is 14.2 Å². The van der Waals surface area contributed by atoms with Gasteiger partial charge in [0.05, 0.1) is 14.2 Å². The first-order chi connectivity index (χ1) is 19.0. The topological polar surface area (TPSA) is 75.0 Å². The highest BCUT2D eigenvalue weighted by atomic mass is 16.6. The van der Waals surface area contributed by atoms with E-state index in [-0.39, 0.29) is 17.1 Å². The molecule has 0 aliphatic carbocycles. The van der Waals surface area contributed by atoms with Gasteiger partial charge in [-0.15, -0.1) is 0 Å². The number of fused-ring (bicyclic) bond motifs is 1. The van der Waals surface area contributed by atoms with Crippen LogP contribution in [0.5, 0.6) is 17.2 Å². The van der Waals surface area contributed by atoms with Gasteiger partial charge in [0, 0.05) is 16.5 Å². The largest absolute Gasteiger partial charge is 0.497 e. The number of esters is 1. The van der Waals surface area contributed by atoms with Crippen LogP contribution in [0.1, 0.15) is 31.8 Å². The zero-order valence-corrected chi connectivity index (χ0v) is 21.8. The molecule has 0 amide bonds. The fraction of sp³-hybridized carbons (Fsp3) is 0.0909. The van der Waals surface area contributed by atoms with Crippen LogP contribution < -0.4 is 14.2 Å². The highest BCUT2D eigenvalue weighted by molar-refractivity contribution is 6.10. The predicted octanol–water partition coefficient (Wildman–Crippen LogP) is 7.54. The Bertz CT molecular complexity index is 1680. The molecule has 0 saturated heterocycles. The maximum absolute atomic E-state index is 13.6. The lowest BCUT2D eigenvalue weighted by Crippen LogP contribution is -2.10. The van der Waals surface area contributed by atoms with E-state index in [0.29, 0.717) is 33.8 Å². The molecule has 6 nitrogen and oxygen atoms in total. The Morgan fingerprint density at radius 1 is 0.795 bits per heavy atom. The minimum absolute atomic E-state index is 0.111. The van der Waals surface area contributed by atoms with Gasteiger partial charge in [0.2, 0.25) is 0 Å². The van der Waals surface area contributed by atoms with Crippen molar-refractivity contribution < 1.29 is 28.2 Å². The molecule has 39 heavy (non-hydrogen) atoms. The van der Waals surface area contributed by atoms with E-state index in [9.17, 15) is 9.59 Å². The fourth-order valence-electron chi connectivity index (χ4n) is 4.21. The molecule has 0 fully saturated rings. The van der Waals surface area contributed by atoms with Crippen LogP contribution in [0.2, 0.25) is 0 Å². The average molecular weight is 519 g/mol. The molecular formula is C33H26O6. The summed E-state index contributed by atoms with van der Waals surface area (Å²) in [6.07, 6.45) is 3.20. The standard InChI is InChI=1S/C33H26O6/c1-21-9-13-23(14-10-21)27(34)16-11-22-12-17-29(30(19-22)37-3)39-33(35)31-26-20-25(36-2)15-18-28(26)38-32(31)24-7-5-4-6-8-24/h4-20H,1-3H3/b16-11+. The third-order valence-corrected chi connectivity index (χ3v) is 6.29. The fourth-order valence-corrected chi connectivity index (χ4v) is 4.21. The van der Waals surface area contributed by atoms with Crippen LogP contribution in [0, 0.1) is 6.92 Å². The zero-order chi connectivity index (χ0) is 27.4. The second kappa shape index (κ2) is 11.1. The molecular weight excluding hydrogens is 492 g/mol. The Kier molecular flexibility index (Phi) is 7.28.